The molecule has 2 aromatic rings. The van der Waals surface area contributed by atoms with Gasteiger partial charge in [-0.3, -0.25) is 4.79 Å². The molecule has 0 bridgehead atoms. The van der Waals surface area contributed by atoms with Gasteiger partial charge in [-0.05, 0) is 24.1 Å². The van der Waals surface area contributed by atoms with E-state index in [1.807, 2.05) is 0 Å². The molecular weight excluding hydrogens is 297 g/mol. The summed E-state index contributed by atoms with van der Waals surface area (Å²) in [5, 5.41) is 5.13. The van der Waals surface area contributed by atoms with Crippen molar-refractivity contribution in [2.24, 2.45) is 0 Å². The van der Waals surface area contributed by atoms with Crippen LogP contribution in [-0.2, 0) is 24.2 Å². The zero-order chi connectivity index (χ0) is 14.5. The standard InChI is InChI=1S/C14H15Cl2N3O/c1-2-6-19-14(17-9-18-19)8-10(20)7-11-12(15)4-3-5-13(11)16/h3-5,9H,2,6-8H2,1H3. The SMILES string of the molecule is CCCn1ncnc1CC(=O)Cc1c(Cl)cccc1Cl. The molecule has 2 rings (SSSR count). The maximum Gasteiger partial charge on any atom is 0.144 e. The van der Waals surface area contributed by atoms with Crippen molar-refractivity contribution in [3.63, 3.8) is 0 Å². The molecule has 20 heavy (non-hydrogen) atoms. The number of aromatic nitrogens is 3. The van der Waals surface area contributed by atoms with E-state index in [1.54, 1.807) is 22.9 Å². The third-order valence-corrected chi connectivity index (χ3v) is 3.63. The summed E-state index contributed by atoms with van der Waals surface area (Å²) in [7, 11) is 0. The Hall–Kier alpha value is -1.39. The summed E-state index contributed by atoms with van der Waals surface area (Å²) in [4.78, 5) is 16.3. The first-order chi connectivity index (χ1) is 9.61. The fourth-order valence-electron chi connectivity index (χ4n) is 1.96. The lowest BCUT2D eigenvalue weighted by molar-refractivity contribution is -0.117. The van der Waals surface area contributed by atoms with Crippen LogP contribution in [0, 0.1) is 0 Å². The van der Waals surface area contributed by atoms with Gasteiger partial charge in [0.15, 0.2) is 0 Å². The second kappa shape index (κ2) is 6.86. The lowest BCUT2D eigenvalue weighted by Crippen LogP contribution is -2.13. The minimum Gasteiger partial charge on any atom is -0.299 e. The second-order valence-electron chi connectivity index (χ2n) is 4.49. The molecule has 0 N–H and O–H groups in total. The molecule has 0 saturated carbocycles. The maximum atomic E-state index is 12.1. The van der Waals surface area contributed by atoms with Gasteiger partial charge in [0, 0.05) is 23.0 Å². The van der Waals surface area contributed by atoms with Crippen LogP contribution < -0.4 is 0 Å². The van der Waals surface area contributed by atoms with Crippen LogP contribution in [-0.4, -0.2) is 20.5 Å². The molecule has 6 heteroatoms. The van der Waals surface area contributed by atoms with Gasteiger partial charge in [-0.25, -0.2) is 9.67 Å². The van der Waals surface area contributed by atoms with Gasteiger partial charge in [0.2, 0.25) is 0 Å². The second-order valence-corrected chi connectivity index (χ2v) is 5.31. The molecule has 1 heterocycles. The number of rotatable bonds is 6. The molecule has 0 aliphatic heterocycles. The number of hydrogen-bond acceptors (Lipinski definition) is 3. The van der Waals surface area contributed by atoms with E-state index < -0.39 is 0 Å². The highest BCUT2D eigenvalue weighted by Crippen LogP contribution is 2.25. The van der Waals surface area contributed by atoms with E-state index in [0.717, 1.165) is 13.0 Å². The molecule has 0 fully saturated rings. The van der Waals surface area contributed by atoms with Crippen molar-refractivity contribution in [3.8, 4) is 0 Å². The highest BCUT2D eigenvalue weighted by atomic mass is 35.5. The molecule has 106 valence electrons. The average Bonchev–Trinajstić information content (AvgIpc) is 2.82. The summed E-state index contributed by atoms with van der Waals surface area (Å²) in [5.41, 5.74) is 0.669. The molecule has 4 nitrogen and oxygen atoms in total. The predicted molar refractivity (Wildman–Crippen MR) is 79.2 cm³/mol. The fraction of sp³-hybridized carbons (Fsp3) is 0.357. The first-order valence-electron chi connectivity index (χ1n) is 6.43. The van der Waals surface area contributed by atoms with Crippen molar-refractivity contribution in [1.82, 2.24) is 14.8 Å². The van der Waals surface area contributed by atoms with Crippen LogP contribution >= 0.6 is 23.2 Å². The minimum atomic E-state index is 0.0188. The van der Waals surface area contributed by atoms with Gasteiger partial charge in [0.25, 0.3) is 0 Å². The van der Waals surface area contributed by atoms with E-state index in [9.17, 15) is 4.79 Å². The van der Waals surface area contributed by atoms with Gasteiger partial charge < -0.3 is 0 Å². The van der Waals surface area contributed by atoms with E-state index in [2.05, 4.69) is 17.0 Å². The van der Waals surface area contributed by atoms with E-state index in [-0.39, 0.29) is 18.6 Å². The highest BCUT2D eigenvalue weighted by Gasteiger charge is 2.14. The Morgan fingerprint density at radius 3 is 2.60 bits per heavy atom. The number of hydrogen-bond donors (Lipinski definition) is 0. The Labute approximate surface area is 127 Å². The molecule has 0 aliphatic carbocycles. The van der Waals surface area contributed by atoms with Crippen LogP contribution in [0.2, 0.25) is 10.0 Å². The number of Topliss-reactive ketones (excluding diaryl/α,β-unsaturated/α-hetero) is 1. The molecule has 0 unspecified atom stereocenters. The van der Waals surface area contributed by atoms with Crippen molar-refractivity contribution < 1.29 is 4.79 Å². The smallest absolute Gasteiger partial charge is 0.144 e. The van der Waals surface area contributed by atoms with Crippen molar-refractivity contribution in [2.75, 3.05) is 0 Å². The molecule has 0 spiro atoms. The molecule has 1 aromatic carbocycles. The van der Waals surface area contributed by atoms with E-state index in [1.165, 1.54) is 6.33 Å². The summed E-state index contributed by atoms with van der Waals surface area (Å²) >= 11 is 12.1. The summed E-state index contributed by atoms with van der Waals surface area (Å²) < 4.78 is 1.76. The Morgan fingerprint density at radius 2 is 1.95 bits per heavy atom. The van der Waals surface area contributed by atoms with Crippen LogP contribution in [0.4, 0.5) is 0 Å². The lowest BCUT2D eigenvalue weighted by Gasteiger charge is -2.07. The molecule has 0 radical (unpaired) electrons. The van der Waals surface area contributed by atoms with Gasteiger partial charge in [0.1, 0.15) is 17.9 Å². The maximum absolute atomic E-state index is 12.1. The number of nitrogens with zero attached hydrogens (tertiary/aromatic N) is 3. The monoisotopic (exact) mass is 311 g/mol. The Balaban J connectivity index is 2.07. The number of carbonyl (C=O) groups excluding carboxylic acids is 1. The molecular formula is C14H15Cl2N3O. The average molecular weight is 312 g/mol. The van der Waals surface area contributed by atoms with E-state index >= 15 is 0 Å². The summed E-state index contributed by atoms with van der Waals surface area (Å²) in [5.74, 6) is 0.699. The first kappa shape index (κ1) is 15.0. The molecule has 0 amide bonds. The van der Waals surface area contributed by atoms with Crippen LogP contribution in [0.5, 0.6) is 0 Å². The van der Waals surface area contributed by atoms with Crippen LogP contribution in [0.3, 0.4) is 0 Å². The van der Waals surface area contributed by atoms with E-state index in [0.29, 0.717) is 21.4 Å². The quantitative estimate of drug-likeness (QED) is 0.822. The number of ketones is 1. The van der Waals surface area contributed by atoms with Gasteiger partial charge >= 0.3 is 0 Å². The van der Waals surface area contributed by atoms with Crippen molar-refractivity contribution in [3.05, 3.63) is 46.0 Å². The van der Waals surface area contributed by atoms with Crippen LogP contribution in [0.1, 0.15) is 24.7 Å². The highest BCUT2D eigenvalue weighted by molar-refractivity contribution is 6.36. The van der Waals surface area contributed by atoms with E-state index in [4.69, 9.17) is 23.2 Å². The number of carbonyl (C=O) groups is 1. The Bertz CT molecular complexity index is 590. The normalized spacial score (nSPS) is 10.8. The van der Waals surface area contributed by atoms with Crippen molar-refractivity contribution >= 4 is 29.0 Å². The summed E-state index contributed by atoms with van der Waals surface area (Å²) in [6, 6.07) is 5.22. The largest absolute Gasteiger partial charge is 0.299 e. The molecule has 0 aliphatic rings. The summed E-state index contributed by atoms with van der Waals surface area (Å²) in [6.45, 7) is 2.81. The zero-order valence-electron chi connectivity index (χ0n) is 11.1. The van der Waals surface area contributed by atoms with Gasteiger partial charge in [-0.15, -0.1) is 0 Å². The third-order valence-electron chi connectivity index (χ3n) is 2.92. The number of benzene rings is 1. The van der Waals surface area contributed by atoms with Crippen molar-refractivity contribution in [2.45, 2.75) is 32.7 Å². The predicted octanol–water partition coefficient (Wildman–Crippen LogP) is 3.35. The molecule has 1 aromatic heterocycles. The van der Waals surface area contributed by atoms with Gasteiger partial charge in [-0.2, -0.15) is 5.10 Å². The van der Waals surface area contributed by atoms with Crippen molar-refractivity contribution in [1.29, 1.82) is 0 Å². The Kier molecular flexibility index (Phi) is 5.15. The molecule has 0 atom stereocenters. The lowest BCUT2D eigenvalue weighted by atomic mass is 10.1. The Morgan fingerprint density at radius 1 is 1.25 bits per heavy atom. The molecule has 0 saturated heterocycles. The topological polar surface area (TPSA) is 47.8 Å². The zero-order valence-corrected chi connectivity index (χ0v) is 12.7. The summed E-state index contributed by atoms with van der Waals surface area (Å²) in [6.07, 6.45) is 2.86. The minimum absolute atomic E-state index is 0.0188. The fourth-order valence-corrected chi connectivity index (χ4v) is 2.49. The number of aryl methyl sites for hydroxylation is 1. The van der Waals surface area contributed by atoms with Gasteiger partial charge in [-0.1, -0.05) is 36.2 Å². The van der Waals surface area contributed by atoms with Gasteiger partial charge in [0.05, 0.1) is 6.42 Å². The third kappa shape index (κ3) is 3.58. The first-order valence-corrected chi connectivity index (χ1v) is 7.18. The number of halogens is 2. The van der Waals surface area contributed by atoms with Crippen LogP contribution in [0.15, 0.2) is 24.5 Å². The van der Waals surface area contributed by atoms with Crippen LogP contribution in [0.25, 0.3) is 0 Å².